The first-order chi connectivity index (χ1) is 15.3. The Kier molecular flexibility index (Phi) is 6.88. The molecule has 4 rings (SSSR count). The van der Waals surface area contributed by atoms with Crippen LogP contribution >= 0.6 is 0 Å². The average molecular weight is 465 g/mol. The van der Waals surface area contributed by atoms with Gasteiger partial charge < -0.3 is 20.4 Å². The van der Waals surface area contributed by atoms with E-state index in [1.807, 2.05) is 6.92 Å². The van der Waals surface area contributed by atoms with Crippen LogP contribution in [0.5, 0.6) is 0 Å². The van der Waals surface area contributed by atoms with Gasteiger partial charge in [-0.05, 0) is 90.8 Å². The molecule has 5 heteroatoms. The van der Waals surface area contributed by atoms with Crippen molar-refractivity contribution in [2.24, 2.45) is 58.2 Å². The molecule has 0 spiro atoms. The topological polar surface area (TPSA) is 98.0 Å². The van der Waals surface area contributed by atoms with Crippen molar-refractivity contribution >= 4 is 5.78 Å². The van der Waals surface area contributed by atoms with Crippen LogP contribution in [0.1, 0.15) is 86.5 Å². The first kappa shape index (κ1) is 25.6. The first-order valence-corrected chi connectivity index (χ1v) is 13.6. The molecule has 0 saturated heterocycles. The zero-order valence-electron chi connectivity index (χ0n) is 21.6. The fourth-order valence-corrected chi connectivity index (χ4v) is 9.23. The smallest absolute Gasteiger partial charge is 0.136 e. The Balaban J connectivity index is 1.56. The molecule has 0 unspecified atom stereocenters. The number of Topliss-reactive ketones (excluding diaryl/α,β-unsaturated/α-hetero) is 1. The summed E-state index contributed by atoms with van der Waals surface area (Å²) in [5.41, 5.74) is -0.162. The van der Waals surface area contributed by atoms with E-state index in [1.165, 1.54) is 0 Å². The zero-order valence-corrected chi connectivity index (χ0v) is 21.6. The molecule has 33 heavy (non-hydrogen) atoms. The molecule has 0 aliphatic heterocycles. The quantitative estimate of drug-likeness (QED) is 0.496. The van der Waals surface area contributed by atoms with Crippen molar-refractivity contribution in [3.63, 3.8) is 0 Å². The summed E-state index contributed by atoms with van der Waals surface area (Å²) >= 11 is 0. The second-order valence-electron chi connectivity index (χ2n) is 13.4. The summed E-state index contributed by atoms with van der Waals surface area (Å²) in [6.45, 7) is 12.9. The molecule has 0 aromatic carbocycles. The van der Waals surface area contributed by atoms with E-state index in [9.17, 15) is 25.2 Å². The summed E-state index contributed by atoms with van der Waals surface area (Å²) in [7, 11) is 0. The largest absolute Gasteiger partial charge is 0.390 e. The maximum Gasteiger partial charge on any atom is 0.136 e. The van der Waals surface area contributed by atoms with Crippen LogP contribution in [0.2, 0.25) is 0 Å². The van der Waals surface area contributed by atoms with Gasteiger partial charge in [0.1, 0.15) is 5.78 Å². The van der Waals surface area contributed by atoms with Crippen molar-refractivity contribution in [3.8, 4) is 0 Å². The zero-order chi connectivity index (χ0) is 24.5. The predicted molar refractivity (Wildman–Crippen MR) is 128 cm³/mol. The number of hydrogen-bond acceptors (Lipinski definition) is 5. The van der Waals surface area contributed by atoms with E-state index in [2.05, 4.69) is 34.6 Å². The van der Waals surface area contributed by atoms with Crippen LogP contribution in [0.4, 0.5) is 0 Å². The van der Waals surface area contributed by atoms with Crippen LogP contribution in [0.3, 0.4) is 0 Å². The van der Waals surface area contributed by atoms with E-state index in [4.69, 9.17) is 0 Å². The summed E-state index contributed by atoms with van der Waals surface area (Å²) in [4.78, 5) is 13.3. The second kappa shape index (κ2) is 8.87. The van der Waals surface area contributed by atoms with Gasteiger partial charge in [0.25, 0.3) is 0 Å². The van der Waals surface area contributed by atoms with Crippen molar-refractivity contribution in [1.29, 1.82) is 0 Å². The van der Waals surface area contributed by atoms with Gasteiger partial charge in [-0.15, -0.1) is 0 Å². The summed E-state index contributed by atoms with van der Waals surface area (Å²) < 4.78 is 0. The van der Waals surface area contributed by atoms with E-state index >= 15 is 0 Å². The molecule has 0 amide bonds. The molecule has 4 aliphatic carbocycles. The maximum atomic E-state index is 13.3. The molecule has 0 aromatic heterocycles. The Hall–Kier alpha value is -0.490. The van der Waals surface area contributed by atoms with Gasteiger partial charge in [0.05, 0.1) is 24.4 Å². The summed E-state index contributed by atoms with van der Waals surface area (Å²) in [5, 5.41) is 42.8. The Morgan fingerprint density at radius 1 is 0.879 bits per heavy atom. The lowest BCUT2D eigenvalue weighted by atomic mass is 9.44. The average Bonchev–Trinajstić information content (AvgIpc) is 3.10. The molecule has 13 atom stereocenters. The van der Waals surface area contributed by atoms with Gasteiger partial charge in [0.2, 0.25) is 0 Å². The molecule has 0 bridgehead atoms. The SMILES string of the molecule is CC(C)[C@H](C)[C@@H](O)[C@H](O)[C@@H](C)[C@H]1CC[C@H]2[C@H]3CC(=O)[C@@H]4C[C@H](O)[C@H](O)C[C@]4(C)[C@H]3CC[C@@]12C. The minimum absolute atomic E-state index is 0.0158. The van der Waals surface area contributed by atoms with Crippen LogP contribution in [0.25, 0.3) is 0 Å². The highest BCUT2D eigenvalue weighted by Gasteiger charge is 2.63. The Bertz CT molecular complexity index is 738. The number of rotatable bonds is 5. The first-order valence-electron chi connectivity index (χ1n) is 13.6. The molecular formula is C28H48O5. The van der Waals surface area contributed by atoms with Gasteiger partial charge in [-0.2, -0.15) is 0 Å². The van der Waals surface area contributed by atoms with Gasteiger partial charge in [-0.1, -0.05) is 41.5 Å². The normalized spacial score (nSPS) is 49.1. The van der Waals surface area contributed by atoms with Crippen molar-refractivity contribution in [2.75, 3.05) is 0 Å². The molecule has 0 radical (unpaired) electrons. The standard InChI is InChI=1S/C28H48O5/c1-14(2)15(3)25(32)26(33)16(4)18-7-8-19-17-11-22(29)21-12-23(30)24(31)13-28(21,6)20(17)9-10-27(18,19)5/h14-21,23-26,30-33H,7-13H2,1-6H3/t15-,16-,17+,18+,19-,20-,21-,23-,24+,25+,26+,27-,28+/m0/s1. The minimum Gasteiger partial charge on any atom is -0.390 e. The molecule has 5 nitrogen and oxygen atoms in total. The molecule has 4 N–H and O–H groups in total. The number of aliphatic hydroxyl groups excluding tert-OH is 4. The van der Waals surface area contributed by atoms with Crippen molar-refractivity contribution in [2.45, 2.75) is 111 Å². The number of hydrogen-bond donors (Lipinski definition) is 4. The Morgan fingerprint density at radius 3 is 2.15 bits per heavy atom. The third-order valence-electron chi connectivity index (χ3n) is 11.7. The lowest BCUT2D eigenvalue weighted by Gasteiger charge is -2.61. The van der Waals surface area contributed by atoms with Crippen LogP contribution < -0.4 is 0 Å². The highest BCUT2D eigenvalue weighted by Crippen LogP contribution is 2.67. The Labute approximate surface area is 200 Å². The van der Waals surface area contributed by atoms with E-state index in [0.29, 0.717) is 48.9 Å². The van der Waals surface area contributed by atoms with Gasteiger partial charge in [0, 0.05) is 12.3 Å². The predicted octanol–water partition coefficient (Wildman–Crippen LogP) is 3.81. The van der Waals surface area contributed by atoms with Crippen LogP contribution in [0.15, 0.2) is 0 Å². The van der Waals surface area contributed by atoms with Crippen LogP contribution in [0, 0.1) is 58.2 Å². The second-order valence-corrected chi connectivity index (χ2v) is 13.4. The summed E-state index contributed by atoms with van der Waals surface area (Å²) in [6.07, 6.45) is 2.80. The van der Waals surface area contributed by atoms with Crippen molar-refractivity contribution in [3.05, 3.63) is 0 Å². The molecule has 4 aliphatic rings. The van der Waals surface area contributed by atoms with Crippen LogP contribution in [-0.2, 0) is 4.79 Å². The molecular weight excluding hydrogens is 416 g/mol. The number of fused-ring (bicyclic) bond motifs is 5. The van der Waals surface area contributed by atoms with Gasteiger partial charge >= 0.3 is 0 Å². The monoisotopic (exact) mass is 464 g/mol. The van der Waals surface area contributed by atoms with Gasteiger partial charge in [-0.25, -0.2) is 0 Å². The third kappa shape index (κ3) is 3.93. The Morgan fingerprint density at radius 2 is 1.52 bits per heavy atom. The number of aliphatic hydroxyl groups is 4. The lowest BCUT2D eigenvalue weighted by Crippen LogP contribution is -2.59. The number of ketones is 1. The minimum atomic E-state index is -0.782. The lowest BCUT2D eigenvalue weighted by molar-refractivity contribution is -0.175. The fraction of sp³-hybridized carbons (Fsp3) is 0.964. The molecule has 0 heterocycles. The number of carbonyl (C=O) groups excluding carboxylic acids is 1. The summed E-state index contributed by atoms with van der Waals surface area (Å²) in [6, 6.07) is 0. The molecule has 4 fully saturated rings. The van der Waals surface area contributed by atoms with Crippen molar-refractivity contribution < 1.29 is 25.2 Å². The number of carbonyl (C=O) groups is 1. The van der Waals surface area contributed by atoms with E-state index in [0.717, 1.165) is 25.7 Å². The van der Waals surface area contributed by atoms with E-state index in [-0.39, 0.29) is 34.4 Å². The molecule has 190 valence electrons. The fourth-order valence-electron chi connectivity index (χ4n) is 9.23. The van der Waals surface area contributed by atoms with E-state index in [1.54, 1.807) is 0 Å². The van der Waals surface area contributed by atoms with Gasteiger partial charge in [0.15, 0.2) is 0 Å². The highest BCUT2D eigenvalue weighted by atomic mass is 16.3. The summed E-state index contributed by atoms with van der Waals surface area (Å²) in [5.74, 6) is 2.05. The van der Waals surface area contributed by atoms with E-state index < -0.39 is 24.4 Å². The highest BCUT2D eigenvalue weighted by molar-refractivity contribution is 5.83. The van der Waals surface area contributed by atoms with Gasteiger partial charge in [-0.3, -0.25) is 4.79 Å². The third-order valence-corrected chi connectivity index (χ3v) is 11.7. The molecule has 4 saturated carbocycles. The molecule has 0 aromatic rings. The van der Waals surface area contributed by atoms with Crippen LogP contribution in [-0.4, -0.2) is 50.6 Å². The maximum absolute atomic E-state index is 13.3. The van der Waals surface area contributed by atoms with Crippen molar-refractivity contribution in [1.82, 2.24) is 0 Å².